The summed E-state index contributed by atoms with van der Waals surface area (Å²) in [5.41, 5.74) is 9.55. The van der Waals surface area contributed by atoms with Crippen LogP contribution in [0.5, 0.6) is 0 Å². The third-order valence-corrected chi connectivity index (χ3v) is 5.40. The van der Waals surface area contributed by atoms with Crippen LogP contribution in [0.1, 0.15) is 5.56 Å². The highest BCUT2D eigenvalue weighted by atomic mass is 16.1. The largest absolute Gasteiger partial charge is 0.398 e. The van der Waals surface area contributed by atoms with Crippen molar-refractivity contribution in [1.29, 1.82) is 5.26 Å². The highest BCUT2D eigenvalue weighted by Crippen LogP contribution is 2.23. The van der Waals surface area contributed by atoms with Gasteiger partial charge < -0.3 is 10.6 Å². The molecule has 0 atom stereocenters. The molecule has 2 N–H and O–H groups in total. The average molecular weight is 384 g/mol. The Morgan fingerprint density at radius 3 is 2.69 bits per heavy atom. The molecule has 0 spiro atoms. The molecule has 1 saturated heterocycles. The summed E-state index contributed by atoms with van der Waals surface area (Å²) >= 11 is 0. The second kappa shape index (κ2) is 7.80. The zero-order chi connectivity index (χ0) is 20.4. The normalized spacial score (nSPS) is 14.5. The van der Waals surface area contributed by atoms with E-state index in [1.54, 1.807) is 31.7 Å². The van der Waals surface area contributed by atoms with Crippen LogP contribution in [0.3, 0.4) is 0 Å². The van der Waals surface area contributed by atoms with Gasteiger partial charge in [-0.25, -0.2) is 10.2 Å². The molecular formula is C21H21BN6O. The molecule has 4 rings (SSSR count). The maximum Gasteiger partial charge on any atom is 0.271 e. The van der Waals surface area contributed by atoms with Gasteiger partial charge in [-0.05, 0) is 49.0 Å². The predicted octanol–water partition coefficient (Wildman–Crippen LogP) is 2.39. The Kier molecular flexibility index (Phi) is 5.04. The van der Waals surface area contributed by atoms with Crippen molar-refractivity contribution in [1.82, 2.24) is 9.55 Å². The molecular weight excluding hydrogens is 363 g/mol. The minimum absolute atomic E-state index is 0.122. The summed E-state index contributed by atoms with van der Waals surface area (Å²) in [5.74, 6) is 2.35. The number of nitriles is 1. The van der Waals surface area contributed by atoms with Crippen molar-refractivity contribution in [3.63, 3.8) is 0 Å². The molecule has 1 aliphatic rings. The molecule has 2 aromatic carbocycles. The number of aromatic nitrogens is 2. The van der Waals surface area contributed by atoms with E-state index in [9.17, 15) is 4.79 Å². The van der Waals surface area contributed by atoms with Gasteiger partial charge in [0.05, 0.1) is 16.6 Å². The van der Waals surface area contributed by atoms with Crippen LogP contribution in [-0.4, -0.2) is 42.6 Å². The fourth-order valence-corrected chi connectivity index (χ4v) is 3.72. The van der Waals surface area contributed by atoms with Crippen molar-refractivity contribution in [3.8, 4) is 11.7 Å². The van der Waals surface area contributed by atoms with E-state index in [0.29, 0.717) is 22.3 Å². The van der Waals surface area contributed by atoms with E-state index in [1.165, 1.54) is 4.57 Å². The van der Waals surface area contributed by atoms with Gasteiger partial charge >= 0.3 is 0 Å². The number of nitrogens with two attached hydrogens (primary N) is 1. The first-order chi connectivity index (χ1) is 14.1. The third-order valence-electron chi connectivity index (χ3n) is 5.40. The molecule has 144 valence electrons. The number of anilines is 2. The summed E-state index contributed by atoms with van der Waals surface area (Å²) in [6.07, 6.45) is 4.90. The van der Waals surface area contributed by atoms with E-state index in [0.717, 1.165) is 37.0 Å². The van der Waals surface area contributed by atoms with Crippen molar-refractivity contribution >= 4 is 35.2 Å². The number of aliphatic imine (C=N–C) groups is 1. The Bertz CT molecular complexity index is 1190. The molecule has 1 aliphatic heterocycles. The first-order valence-electron chi connectivity index (χ1n) is 9.59. The molecule has 0 amide bonds. The maximum absolute atomic E-state index is 13.2. The molecule has 3 aromatic rings. The predicted molar refractivity (Wildman–Crippen MR) is 118 cm³/mol. The smallest absolute Gasteiger partial charge is 0.271 e. The summed E-state index contributed by atoms with van der Waals surface area (Å²) in [7, 11) is 1.68. The molecule has 8 heteroatoms. The van der Waals surface area contributed by atoms with Gasteiger partial charge in [-0.15, -0.1) is 0 Å². The number of benzene rings is 2. The first-order valence-corrected chi connectivity index (χ1v) is 9.59. The summed E-state index contributed by atoms with van der Waals surface area (Å²) in [5, 5.41) is 9.66. The van der Waals surface area contributed by atoms with Crippen molar-refractivity contribution in [2.24, 2.45) is 4.99 Å². The zero-order valence-corrected chi connectivity index (χ0v) is 16.2. The average Bonchev–Trinajstić information content (AvgIpc) is 2.76. The molecule has 29 heavy (non-hydrogen) atoms. The number of fused-ring (bicyclic) bond motifs is 1. The van der Waals surface area contributed by atoms with Gasteiger partial charge in [0.1, 0.15) is 6.33 Å². The molecule has 1 fully saturated rings. The van der Waals surface area contributed by atoms with Gasteiger partial charge in [-0.2, -0.15) is 0 Å². The van der Waals surface area contributed by atoms with Crippen molar-refractivity contribution in [2.45, 2.75) is 12.6 Å². The summed E-state index contributed by atoms with van der Waals surface area (Å²) < 4.78 is 1.53. The van der Waals surface area contributed by atoms with E-state index in [1.807, 2.05) is 24.3 Å². The standard InChI is InChI=1S/C21H21BN6O/c1-25-12-15-10-17(2-4-19(15)24)28-14-26-20-5-3-16(11-18(20)21(28)29)27-8-6-22(13-23)7-9-27/h2-5,10-12,14H,6-9,24H2,1H3. The van der Waals surface area contributed by atoms with E-state index in [2.05, 4.69) is 20.8 Å². The van der Waals surface area contributed by atoms with E-state index >= 15 is 0 Å². The van der Waals surface area contributed by atoms with Crippen LogP contribution in [-0.2, 0) is 0 Å². The zero-order valence-electron chi connectivity index (χ0n) is 16.2. The molecule has 0 radical (unpaired) electrons. The molecule has 0 unspecified atom stereocenters. The SMILES string of the molecule is CN=Cc1cc(-n2cnc3ccc(N4CCB(C#N)CC4)cc3c2=O)ccc1N. The number of hydrogen-bond donors (Lipinski definition) is 1. The van der Waals surface area contributed by atoms with E-state index in [-0.39, 0.29) is 12.3 Å². The second-order valence-electron chi connectivity index (χ2n) is 7.21. The van der Waals surface area contributed by atoms with Crippen LogP contribution in [0, 0.1) is 11.2 Å². The monoisotopic (exact) mass is 384 g/mol. The van der Waals surface area contributed by atoms with Crippen LogP contribution in [0.2, 0.25) is 12.6 Å². The van der Waals surface area contributed by atoms with Crippen molar-refractivity contribution in [2.75, 3.05) is 30.8 Å². The maximum atomic E-state index is 13.2. The molecule has 2 heterocycles. The molecule has 0 saturated carbocycles. The molecule has 0 aliphatic carbocycles. The summed E-state index contributed by atoms with van der Waals surface area (Å²) in [6, 6.07) is 11.2. The van der Waals surface area contributed by atoms with Gasteiger partial charge in [-0.1, -0.05) is 0 Å². The lowest BCUT2D eigenvalue weighted by molar-refractivity contribution is 0.822. The van der Waals surface area contributed by atoms with Crippen molar-refractivity contribution < 1.29 is 0 Å². The summed E-state index contributed by atoms with van der Waals surface area (Å²) in [6.45, 7) is 1.75. The Morgan fingerprint density at radius 2 is 1.97 bits per heavy atom. The topological polar surface area (TPSA) is 100 Å². The lowest BCUT2D eigenvalue weighted by atomic mass is 9.45. The molecule has 0 bridgehead atoms. The fraction of sp³-hybridized carbons (Fsp3) is 0.238. The number of hydrogen-bond acceptors (Lipinski definition) is 6. The third kappa shape index (κ3) is 3.59. The lowest BCUT2D eigenvalue weighted by Crippen LogP contribution is -2.36. The number of rotatable bonds is 3. The highest BCUT2D eigenvalue weighted by molar-refractivity contribution is 6.67. The van der Waals surface area contributed by atoms with Crippen LogP contribution >= 0.6 is 0 Å². The van der Waals surface area contributed by atoms with Gasteiger partial charge in [-0.3, -0.25) is 14.4 Å². The Hall–Kier alpha value is -3.60. The van der Waals surface area contributed by atoms with E-state index in [4.69, 9.17) is 11.0 Å². The number of nitrogens with zero attached hydrogens (tertiary/aromatic N) is 5. The Labute approximate surface area is 169 Å². The van der Waals surface area contributed by atoms with Gasteiger partial charge in [0.15, 0.2) is 0 Å². The van der Waals surface area contributed by atoms with Crippen molar-refractivity contribution in [3.05, 3.63) is 58.6 Å². The quantitative estimate of drug-likeness (QED) is 0.425. The van der Waals surface area contributed by atoms with Crippen LogP contribution < -0.4 is 16.2 Å². The highest BCUT2D eigenvalue weighted by Gasteiger charge is 2.23. The second-order valence-corrected chi connectivity index (χ2v) is 7.21. The molecule has 7 nitrogen and oxygen atoms in total. The van der Waals surface area contributed by atoms with Gasteiger partial charge in [0.2, 0.25) is 0 Å². The minimum atomic E-state index is -0.132. The minimum Gasteiger partial charge on any atom is -0.398 e. The Balaban J connectivity index is 1.75. The van der Waals surface area contributed by atoms with Crippen LogP contribution in [0.15, 0.2) is 52.5 Å². The van der Waals surface area contributed by atoms with Crippen LogP contribution in [0.25, 0.3) is 16.6 Å². The fourth-order valence-electron chi connectivity index (χ4n) is 3.72. The Morgan fingerprint density at radius 1 is 1.21 bits per heavy atom. The summed E-state index contributed by atoms with van der Waals surface area (Å²) in [4.78, 5) is 23.9. The number of nitrogen functional groups attached to an aromatic ring is 1. The van der Waals surface area contributed by atoms with Gasteiger partial charge in [0, 0.05) is 49.3 Å². The molecule has 1 aromatic heterocycles. The lowest BCUT2D eigenvalue weighted by Gasteiger charge is -2.30. The first kappa shape index (κ1) is 18.8. The van der Waals surface area contributed by atoms with E-state index < -0.39 is 0 Å². The van der Waals surface area contributed by atoms with Gasteiger partial charge in [0.25, 0.3) is 12.3 Å². The van der Waals surface area contributed by atoms with Crippen LogP contribution in [0.4, 0.5) is 11.4 Å².